The molecule has 146 valence electrons. The lowest BCUT2D eigenvalue weighted by molar-refractivity contribution is -0.137. The lowest BCUT2D eigenvalue weighted by Crippen LogP contribution is -2.30. The number of alkyl halides is 3. The molecule has 2 rings (SSSR count). The number of hydrogen-bond donors (Lipinski definition) is 3. The van der Waals surface area contributed by atoms with Crippen molar-refractivity contribution < 1.29 is 23.1 Å². The molecule has 4 nitrogen and oxygen atoms in total. The summed E-state index contributed by atoms with van der Waals surface area (Å²) < 4.78 is 38.3. The normalized spacial score (nSPS) is 14.0. The maximum Gasteiger partial charge on any atom is 0.416 e. The maximum absolute atomic E-state index is 12.8. The van der Waals surface area contributed by atoms with Crippen LogP contribution in [0.1, 0.15) is 46.5 Å². The molecule has 7 heteroatoms. The molecule has 0 fully saturated rings. The highest BCUT2D eigenvalue weighted by molar-refractivity contribution is 5.92. The molecule has 0 bridgehead atoms. The quantitative estimate of drug-likeness (QED) is 0.657. The first-order valence-electron chi connectivity index (χ1n) is 8.64. The number of nitrogens with one attached hydrogen (secondary N) is 1. The fourth-order valence-corrected chi connectivity index (χ4v) is 2.67. The van der Waals surface area contributed by atoms with E-state index in [4.69, 9.17) is 5.73 Å². The fourth-order valence-electron chi connectivity index (χ4n) is 2.67. The van der Waals surface area contributed by atoms with Crippen LogP contribution in [-0.2, 0) is 12.6 Å². The van der Waals surface area contributed by atoms with Crippen molar-refractivity contribution in [2.75, 3.05) is 6.54 Å². The van der Waals surface area contributed by atoms with Gasteiger partial charge < -0.3 is 16.2 Å². The molecule has 0 aliphatic carbocycles. The fraction of sp³-hybridized carbons (Fsp3) is 0.350. The van der Waals surface area contributed by atoms with E-state index in [1.807, 2.05) is 19.1 Å². The Bertz CT molecular complexity index is 761. The number of aliphatic hydroxyl groups is 1. The van der Waals surface area contributed by atoms with Crippen molar-refractivity contribution in [1.82, 2.24) is 5.32 Å². The molecule has 0 aliphatic rings. The lowest BCUT2D eigenvalue weighted by Gasteiger charge is -2.18. The molecule has 0 heterocycles. The Labute approximate surface area is 156 Å². The molecule has 2 aromatic rings. The average molecular weight is 380 g/mol. The smallest absolute Gasteiger partial charge is 0.387 e. The number of rotatable bonds is 8. The minimum Gasteiger partial charge on any atom is -0.387 e. The molecule has 4 N–H and O–H groups in total. The summed E-state index contributed by atoms with van der Waals surface area (Å²) in [6, 6.07) is 11.8. The molecule has 0 aromatic heterocycles. The van der Waals surface area contributed by atoms with Crippen LogP contribution < -0.4 is 11.1 Å². The van der Waals surface area contributed by atoms with E-state index in [0.717, 1.165) is 30.5 Å². The van der Waals surface area contributed by atoms with E-state index >= 15 is 0 Å². The highest BCUT2D eigenvalue weighted by Gasteiger charge is 2.30. The highest BCUT2D eigenvalue weighted by Crippen LogP contribution is 2.30. The Hall–Kier alpha value is -2.38. The van der Waals surface area contributed by atoms with Gasteiger partial charge in [0.15, 0.2) is 0 Å². The zero-order chi connectivity index (χ0) is 20.0. The first-order valence-corrected chi connectivity index (χ1v) is 8.64. The Kier molecular flexibility index (Phi) is 6.98. The molecule has 2 atom stereocenters. The number of carbonyl (C=O) groups excluding carboxylic acids is 1. The first-order chi connectivity index (χ1) is 12.7. The second-order valence-corrected chi connectivity index (χ2v) is 6.55. The van der Waals surface area contributed by atoms with Crippen LogP contribution in [0.4, 0.5) is 13.2 Å². The second-order valence-electron chi connectivity index (χ2n) is 6.55. The topological polar surface area (TPSA) is 75.4 Å². The van der Waals surface area contributed by atoms with E-state index in [2.05, 4.69) is 5.32 Å². The van der Waals surface area contributed by atoms with Gasteiger partial charge in [-0.3, -0.25) is 4.79 Å². The van der Waals surface area contributed by atoms with Gasteiger partial charge in [-0.25, -0.2) is 0 Å². The van der Waals surface area contributed by atoms with Crippen LogP contribution in [0.3, 0.4) is 0 Å². The Balaban J connectivity index is 1.82. The van der Waals surface area contributed by atoms with Gasteiger partial charge in [0.25, 0.3) is 0 Å². The van der Waals surface area contributed by atoms with Crippen LogP contribution in [-0.4, -0.2) is 23.6 Å². The van der Waals surface area contributed by atoms with E-state index in [0.29, 0.717) is 5.56 Å². The van der Waals surface area contributed by atoms with Crippen molar-refractivity contribution >= 4 is 5.91 Å². The monoisotopic (exact) mass is 380 g/mol. The molecule has 27 heavy (non-hydrogen) atoms. The van der Waals surface area contributed by atoms with Gasteiger partial charge in [-0.15, -0.1) is 0 Å². The van der Waals surface area contributed by atoms with Gasteiger partial charge in [-0.05, 0) is 55.2 Å². The van der Waals surface area contributed by atoms with Crippen molar-refractivity contribution in [3.05, 3.63) is 70.8 Å². The van der Waals surface area contributed by atoms with Gasteiger partial charge in [0.1, 0.15) is 0 Å². The molecule has 0 radical (unpaired) electrons. The number of halogens is 3. The predicted molar refractivity (Wildman–Crippen MR) is 97.1 cm³/mol. The summed E-state index contributed by atoms with van der Waals surface area (Å²) in [5, 5.41) is 13.3. The number of nitrogens with two attached hydrogens (primary N) is 1. The summed E-state index contributed by atoms with van der Waals surface area (Å²) in [6.45, 7) is 2.10. The number of amides is 1. The highest BCUT2D eigenvalue weighted by atomic mass is 19.4. The molecule has 0 aliphatic heterocycles. The summed E-state index contributed by atoms with van der Waals surface area (Å²) in [6.07, 6.45) is -3.93. The summed E-state index contributed by atoms with van der Waals surface area (Å²) >= 11 is 0. The standard InChI is InChI=1S/C20H23F3N2O2/c1-13(5-6-14-7-9-15(10-8-14)19(24)27)25-12-18(26)16-3-2-4-17(11-16)20(21,22)23/h2-4,7-11,13,18,25-26H,5-6,12H2,1H3,(H2,24,27). The summed E-state index contributed by atoms with van der Waals surface area (Å²) in [5.74, 6) is -0.472. The molecule has 0 saturated carbocycles. The van der Waals surface area contributed by atoms with Crippen molar-refractivity contribution in [1.29, 1.82) is 0 Å². The number of primary amides is 1. The summed E-state index contributed by atoms with van der Waals surface area (Å²) in [5.41, 5.74) is 6.16. The van der Waals surface area contributed by atoms with Crippen LogP contribution in [0.25, 0.3) is 0 Å². The zero-order valence-electron chi connectivity index (χ0n) is 15.0. The third-order valence-electron chi connectivity index (χ3n) is 4.36. The van der Waals surface area contributed by atoms with Crippen molar-refractivity contribution in [2.24, 2.45) is 5.73 Å². The number of carbonyl (C=O) groups is 1. The summed E-state index contributed by atoms with van der Waals surface area (Å²) in [4.78, 5) is 11.0. The third-order valence-corrected chi connectivity index (χ3v) is 4.36. The lowest BCUT2D eigenvalue weighted by atomic mass is 10.0. The van der Waals surface area contributed by atoms with E-state index in [1.165, 1.54) is 12.1 Å². The van der Waals surface area contributed by atoms with E-state index in [1.54, 1.807) is 12.1 Å². The number of hydrogen-bond acceptors (Lipinski definition) is 3. The minimum atomic E-state index is -4.43. The van der Waals surface area contributed by atoms with E-state index in [9.17, 15) is 23.1 Å². The van der Waals surface area contributed by atoms with Crippen molar-refractivity contribution in [3.63, 3.8) is 0 Å². The van der Waals surface area contributed by atoms with E-state index < -0.39 is 23.8 Å². The van der Waals surface area contributed by atoms with E-state index in [-0.39, 0.29) is 18.2 Å². The van der Waals surface area contributed by atoms with Crippen LogP contribution in [0, 0.1) is 0 Å². The van der Waals surface area contributed by atoms with Gasteiger partial charge in [-0.1, -0.05) is 24.3 Å². The van der Waals surface area contributed by atoms with Gasteiger partial charge in [0, 0.05) is 18.2 Å². The Morgan fingerprint density at radius 3 is 2.44 bits per heavy atom. The SMILES string of the molecule is CC(CCc1ccc(C(N)=O)cc1)NCC(O)c1cccc(C(F)(F)F)c1. The number of benzene rings is 2. The Morgan fingerprint density at radius 2 is 1.85 bits per heavy atom. The third kappa shape index (κ3) is 6.37. The molecule has 1 amide bonds. The Morgan fingerprint density at radius 1 is 1.19 bits per heavy atom. The molecule has 2 aromatic carbocycles. The van der Waals surface area contributed by atoms with Crippen molar-refractivity contribution in [3.8, 4) is 0 Å². The molecule has 2 unspecified atom stereocenters. The summed E-state index contributed by atoms with van der Waals surface area (Å²) in [7, 11) is 0. The van der Waals surface area contributed by atoms with Crippen LogP contribution in [0.2, 0.25) is 0 Å². The maximum atomic E-state index is 12.8. The van der Waals surface area contributed by atoms with Crippen molar-refractivity contribution in [2.45, 2.75) is 38.1 Å². The molecular formula is C20H23F3N2O2. The van der Waals surface area contributed by atoms with Gasteiger partial charge in [-0.2, -0.15) is 13.2 Å². The molecule has 0 saturated heterocycles. The first kappa shape index (κ1) is 20.9. The number of aryl methyl sites for hydroxylation is 1. The second kappa shape index (κ2) is 9.01. The van der Waals surface area contributed by atoms with Crippen LogP contribution >= 0.6 is 0 Å². The average Bonchev–Trinajstić information content (AvgIpc) is 2.64. The van der Waals surface area contributed by atoms with Crippen LogP contribution in [0.5, 0.6) is 0 Å². The zero-order valence-corrected chi connectivity index (χ0v) is 15.0. The van der Waals surface area contributed by atoms with Gasteiger partial charge >= 0.3 is 6.18 Å². The number of aliphatic hydroxyl groups excluding tert-OH is 1. The van der Waals surface area contributed by atoms with Crippen LogP contribution in [0.15, 0.2) is 48.5 Å². The predicted octanol–water partition coefficient (Wildman–Crippen LogP) is 3.45. The molecular weight excluding hydrogens is 357 g/mol. The van der Waals surface area contributed by atoms with Gasteiger partial charge in [0.05, 0.1) is 11.7 Å². The largest absolute Gasteiger partial charge is 0.416 e. The van der Waals surface area contributed by atoms with Gasteiger partial charge in [0.2, 0.25) is 5.91 Å². The molecule has 0 spiro atoms. The minimum absolute atomic E-state index is 0.0567.